The monoisotopic (exact) mass is 472 g/mol. The zero-order chi connectivity index (χ0) is 24.4. The molecule has 1 aliphatic rings. The van der Waals surface area contributed by atoms with E-state index in [9.17, 15) is 4.39 Å². The Morgan fingerprint density at radius 3 is 2.54 bits per heavy atom. The largest absolute Gasteiger partial charge is 0.341 e. The maximum atomic E-state index is 14.2. The van der Waals surface area contributed by atoms with E-state index >= 15 is 0 Å². The molecule has 1 atom stereocenters. The van der Waals surface area contributed by atoms with Crippen LogP contribution in [0.4, 0.5) is 10.3 Å². The van der Waals surface area contributed by atoms with Crippen molar-refractivity contribution in [2.45, 2.75) is 58.7 Å². The molecular formula is C28H33FN6. The summed E-state index contributed by atoms with van der Waals surface area (Å²) in [5, 5.41) is 4.85. The lowest BCUT2D eigenvalue weighted by Gasteiger charge is -2.35. The Morgan fingerprint density at radius 2 is 1.83 bits per heavy atom. The van der Waals surface area contributed by atoms with Crippen molar-refractivity contribution in [3.05, 3.63) is 83.3 Å². The summed E-state index contributed by atoms with van der Waals surface area (Å²) in [6.07, 6.45) is 6.93. The molecule has 3 heterocycles. The Balaban J connectivity index is 1.26. The maximum absolute atomic E-state index is 14.2. The molecule has 1 saturated heterocycles. The smallest absolute Gasteiger partial charge is 0.226 e. The van der Waals surface area contributed by atoms with E-state index in [0.29, 0.717) is 23.1 Å². The van der Waals surface area contributed by atoms with Gasteiger partial charge in [-0.1, -0.05) is 30.3 Å². The Labute approximate surface area is 206 Å². The van der Waals surface area contributed by atoms with Crippen LogP contribution in [0.25, 0.3) is 10.9 Å². The molecule has 7 heteroatoms. The van der Waals surface area contributed by atoms with E-state index in [2.05, 4.69) is 56.3 Å². The summed E-state index contributed by atoms with van der Waals surface area (Å²) in [4.78, 5) is 16.1. The summed E-state index contributed by atoms with van der Waals surface area (Å²) in [7, 11) is 0. The van der Waals surface area contributed by atoms with Crippen LogP contribution in [0, 0.1) is 26.6 Å². The molecule has 1 N–H and O–H groups in total. The molecule has 1 fully saturated rings. The van der Waals surface area contributed by atoms with Gasteiger partial charge in [-0.15, -0.1) is 0 Å². The Hall–Kier alpha value is -3.32. The van der Waals surface area contributed by atoms with Crippen LogP contribution in [-0.2, 0) is 6.54 Å². The second-order valence-electron chi connectivity index (χ2n) is 9.58. The van der Waals surface area contributed by atoms with Crippen LogP contribution in [0.2, 0.25) is 0 Å². The van der Waals surface area contributed by atoms with Crippen LogP contribution in [0.1, 0.15) is 47.9 Å². The molecule has 0 bridgehead atoms. The van der Waals surface area contributed by atoms with E-state index < -0.39 is 0 Å². The van der Waals surface area contributed by atoms with Crippen LogP contribution < -0.4 is 10.2 Å². The predicted octanol–water partition coefficient (Wildman–Crippen LogP) is 5.28. The van der Waals surface area contributed by atoms with Crippen molar-refractivity contribution < 1.29 is 4.39 Å². The number of aromatic nitrogens is 4. The number of rotatable bonds is 7. The lowest BCUT2D eigenvalue weighted by molar-refractivity contribution is 0.347. The molecule has 2 aromatic heterocycles. The van der Waals surface area contributed by atoms with Gasteiger partial charge in [0.2, 0.25) is 5.95 Å². The minimum atomic E-state index is -0.220. The van der Waals surface area contributed by atoms with Crippen molar-refractivity contribution in [2.75, 3.05) is 18.0 Å². The third kappa shape index (κ3) is 5.20. The molecule has 35 heavy (non-hydrogen) atoms. The number of nitrogens with zero attached hydrogens (tertiary/aromatic N) is 5. The number of fused-ring (bicyclic) bond motifs is 1. The van der Waals surface area contributed by atoms with Crippen LogP contribution in [-0.4, -0.2) is 38.7 Å². The minimum absolute atomic E-state index is 0.220. The summed E-state index contributed by atoms with van der Waals surface area (Å²) >= 11 is 0. The van der Waals surface area contributed by atoms with Gasteiger partial charge in [0, 0.05) is 55.6 Å². The number of nitrogens with one attached hydrogen (secondary N) is 1. The zero-order valence-corrected chi connectivity index (χ0v) is 20.7. The minimum Gasteiger partial charge on any atom is -0.341 e. The first-order valence-corrected chi connectivity index (χ1v) is 12.5. The fourth-order valence-electron chi connectivity index (χ4n) is 5.01. The van der Waals surface area contributed by atoms with Gasteiger partial charge in [-0.05, 0) is 57.2 Å². The SMILES string of the molecule is Cc1cc2c(C)nc(N3CCC(N[C@@H](CCn4ccnc4C)c4ccccc4)CC3)nc2cc1F. The van der Waals surface area contributed by atoms with Crippen LogP contribution in [0.3, 0.4) is 0 Å². The normalized spacial score (nSPS) is 15.6. The van der Waals surface area contributed by atoms with Gasteiger partial charge in [0.05, 0.1) is 11.2 Å². The van der Waals surface area contributed by atoms with E-state index in [1.54, 1.807) is 6.92 Å². The molecule has 5 rings (SSSR count). The lowest BCUT2D eigenvalue weighted by atomic mass is 9.99. The van der Waals surface area contributed by atoms with Crippen LogP contribution >= 0.6 is 0 Å². The van der Waals surface area contributed by atoms with E-state index in [4.69, 9.17) is 9.97 Å². The molecule has 0 radical (unpaired) electrons. The van der Waals surface area contributed by atoms with E-state index in [-0.39, 0.29) is 11.9 Å². The quantitative estimate of drug-likeness (QED) is 0.397. The van der Waals surface area contributed by atoms with Crippen molar-refractivity contribution in [3.63, 3.8) is 0 Å². The molecule has 6 nitrogen and oxygen atoms in total. The van der Waals surface area contributed by atoms with Crippen LogP contribution in [0.5, 0.6) is 0 Å². The molecule has 182 valence electrons. The lowest BCUT2D eigenvalue weighted by Crippen LogP contribution is -2.44. The van der Waals surface area contributed by atoms with E-state index in [1.807, 2.05) is 26.1 Å². The molecule has 0 aliphatic carbocycles. The van der Waals surface area contributed by atoms with Gasteiger partial charge in [0.1, 0.15) is 11.6 Å². The highest BCUT2D eigenvalue weighted by Gasteiger charge is 2.24. The highest BCUT2D eigenvalue weighted by atomic mass is 19.1. The predicted molar refractivity (Wildman–Crippen MR) is 138 cm³/mol. The molecule has 1 aliphatic heterocycles. The number of halogens is 1. The summed E-state index contributed by atoms with van der Waals surface area (Å²) in [5.41, 5.74) is 3.51. The fourth-order valence-corrected chi connectivity index (χ4v) is 5.01. The average Bonchev–Trinajstić information content (AvgIpc) is 3.28. The van der Waals surface area contributed by atoms with Gasteiger partial charge in [-0.25, -0.2) is 19.3 Å². The van der Waals surface area contributed by atoms with E-state index in [1.165, 1.54) is 11.6 Å². The summed E-state index contributed by atoms with van der Waals surface area (Å²) in [6, 6.07) is 14.8. The second-order valence-corrected chi connectivity index (χ2v) is 9.58. The van der Waals surface area contributed by atoms with Crippen molar-refractivity contribution in [1.29, 1.82) is 0 Å². The second kappa shape index (κ2) is 10.1. The van der Waals surface area contributed by atoms with Gasteiger partial charge in [0.15, 0.2) is 0 Å². The number of imidazole rings is 1. The average molecular weight is 473 g/mol. The molecule has 4 aromatic rings. The third-order valence-corrected chi connectivity index (χ3v) is 7.15. The Kier molecular flexibility index (Phi) is 6.77. The molecule has 0 unspecified atom stereocenters. The molecule has 0 spiro atoms. The Bertz CT molecular complexity index is 1290. The van der Waals surface area contributed by atoms with Gasteiger partial charge < -0.3 is 14.8 Å². The highest BCUT2D eigenvalue weighted by molar-refractivity contribution is 5.82. The van der Waals surface area contributed by atoms with Gasteiger partial charge in [-0.2, -0.15) is 0 Å². The Morgan fingerprint density at radius 1 is 1.06 bits per heavy atom. The van der Waals surface area contributed by atoms with Crippen LogP contribution in [0.15, 0.2) is 54.9 Å². The number of piperidine rings is 1. The third-order valence-electron chi connectivity index (χ3n) is 7.15. The number of hydrogen-bond acceptors (Lipinski definition) is 5. The molecule has 2 aromatic carbocycles. The van der Waals surface area contributed by atoms with Gasteiger partial charge in [-0.3, -0.25) is 0 Å². The maximum Gasteiger partial charge on any atom is 0.226 e. The zero-order valence-electron chi connectivity index (χ0n) is 20.7. The number of benzene rings is 2. The summed E-state index contributed by atoms with van der Waals surface area (Å²) < 4.78 is 16.4. The van der Waals surface area contributed by atoms with E-state index in [0.717, 1.165) is 55.8 Å². The standard InChI is InChI=1S/C28H33FN6/c1-19-17-24-20(2)31-28(33-27(24)18-25(19)29)35-13-9-23(10-14-35)32-26(22-7-5-4-6-8-22)11-15-34-16-12-30-21(34)3/h4-8,12,16-18,23,26,32H,9-11,13-15H2,1-3H3/t26-/m0/s1. The first-order chi connectivity index (χ1) is 17.0. The van der Waals surface area contributed by atoms with Gasteiger partial charge in [0.25, 0.3) is 0 Å². The summed E-state index contributed by atoms with van der Waals surface area (Å²) in [5.74, 6) is 1.53. The molecular weight excluding hydrogens is 439 g/mol. The van der Waals surface area contributed by atoms with Gasteiger partial charge >= 0.3 is 0 Å². The first kappa shape index (κ1) is 23.4. The fraction of sp³-hybridized carbons (Fsp3) is 0.393. The topological polar surface area (TPSA) is 58.9 Å². The number of anilines is 1. The van der Waals surface area contributed by atoms with Crippen molar-refractivity contribution in [1.82, 2.24) is 24.8 Å². The first-order valence-electron chi connectivity index (χ1n) is 12.5. The number of aryl methyl sites for hydroxylation is 4. The van der Waals surface area contributed by atoms with Crippen molar-refractivity contribution >= 4 is 16.9 Å². The van der Waals surface area contributed by atoms with Crippen molar-refractivity contribution in [3.8, 4) is 0 Å². The van der Waals surface area contributed by atoms with Crippen molar-refractivity contribution in [2.24, 2.45) is 0 Å². The highest BCUT2D eigenvalue weighted by Crippen LogP contribution is 2.26. The number of hydrogen-bond donors (Lipinski definition) is 1. The summed E-state index contributed by atoms with van der Waals surface area (Å²) in [6.45, 7) is 8.48. The molecule has 0 saturated carbocycles. The molecule has 0 amide bonds.